The molecule has 2 heteroatoms. The highest BCUT2D eigenvalue weighted by molar-refractivity contribution is 5.75. The molecule has 12 heavy (non-hydrogen) atoms. The first kappa shape index (κ1) is 7.97. The fraction of sp³-hybridized carbons (Fsp3) is 0.600. The quantitative estimate of drug-likeness (QED) is 0.509. The van der Waals surface area contributed by atoms with E-state index in [2.05, 4.69) is 22.9 Å². The van der Waals surface area contributed by atoms with E-state index < -0.39 is 0 Å². The van der Waals surface area contributed by atoms with E-state index in [0.29, 0.717) is 0 Å². The van der Waals surface area contributed by atoms with E-state index in [9.17, 15) is 0 Å². The van der Waals surface area contributed by atoms with Gasteiger partial charge in [0.1, 0.15) is 0 Å². The third-order valence-electron chi connectivity index (χ3n) is 3.33. The molecule has 1 saturated carbocycles. The monoisotopic (exact) mass is 158 g/mol. The van der Waals surface area contributed by atoms with Crippen LogP contribution in [0.15, 0.2) is 18.3 Å². The summed E-state index contributed by atoms with van der Waals surface area (Å²) in [7, 11) is 0. The highest BCUT2D eigenvalue weighted by Crippen LogP contribution is 2.45. The van der Waals surface area contributed by atoms with Gasteiger partial charge in [-0.1, -0.05) is 6.42 Å². The summed E-state index contributed by atoms with van der Waals surface area (Å²) in [5.41, 5.74) is 1.60. The molecule has 1 fully saturated rings. The third kappa shape index (κ3) is 0.870. The van der Waals surface area contributed by atoms with Crippen LogP contribution in [0.4, 0.5) is 0 Å². The van der Waals surface area contributed by atoms with Gasteiger partial charge < -0.3 is 4.57 Å². The Morgan fingerprint density at radius 3 is 3.17 bits per heavy atom. The van der Waals surface area contributed by atoms with Crippen LogP contribution in [-0.2, 0) is 6.54 Å². The smallest absolute Gasteiger partial charge is 0.0257 e. The summed E-state index contributed by atoms with van der Waals surface area (Å²) in [6.45, 7) is 1.30. The van der Waals surface area contributed by atoms with Gasteiger partial charge >= 0.3 is 0 Å². The molecule has 0 saturated heterocycles. The van der Waals surface area contributed by atoms with Crippen LogP contribution in [0.1, 0.15) is 30.9 Å². The predicted molar refractivity (Wildman–Crippen MR) is 50.3 cm³/mol. The standard InChI is InChI=1S/C10H13N.B/c1-3-8-7-11-6-2-5-10(11)9(8)4-1;/h2,5-6,8-9H,1,3-4,7H2;. The SMILES string of the molecule is [B].c1cc2n(c1)CC1CCCC21. The molecule has 3 rings (SSSR count). The van der Waals surface area contributed by atoms with Gasteiger partial charge in [0.05, 0.1) is 0 Å². The summed E-state index contributed by atoms with van der Waals surface area (Å²) in [6.07, 6.45) is 6.59. The van der Waals surface area contributed by atoms with Crippen molar-refractivity contribution in [3.63, 3.8) is 0 Å². The molecule has 1 aromatic rings. The van der Waals surface area contributed by atoms with E-state index in [1.165, 1.54) is 25.8 Å². The first-order chi connectivity index (χ1) is 5.45. The van der Waals surface area contributed by atoms with Crippen molar-refractivity contribution in [1.82, 2.24) is 4.57 Å². The molecule has 2 aliphatic rings. The van der Waals surface area contributed by atoms with E-state index in [1.807, 2.05) is 0 Å². The van der Waals surface area contributed by atoms with Crippen molar-refractivity contribution in [2.75, 3.05) is 0 Å². The first-order valence-electron chi connectivity index (χ1n) is 4.60. The zero-order chi connectivity index (χ0) is 7.26. The van der Waals surface area contributed by atoms with E-state index in [-0.39, 0.29) is 8.41 Å². The Labute approximate surface area is 75.4 Å². The lowest BCUT2D eigenvalue weighted by atomic mass is 9.97. The fourth-order valence-corrected chi connectivity index (χ4v) is 2.83. The maximum Gasteiger partial charge on any atom is 0.0257 e. The Bertz CT molecular complexity index is 279. The highest BCUT2D eigenvalue weighted by Gasteiger charge is 2.35. The Morgan fingerprint density at radius 1 is 1.33 bits per heavy atom. The molecular weight excluding hydrogens is 145 g/mol. The molecule has 2 atom stereocenters. The van der Waals surface area contributed by atoms with E-state index in [1.54, 1.807) is 5.69 Å². The summed E-state index contributed by atoms with van der Waals surface area (Å²) in [4.78, 5) is 0. The number of rotatable bonds is 0. The molecule has 1 aliphatic carbocycles. The Morgan fingerprint density at radius 2 is 2.25 bits per heavy atom. The van der Waals surface area contributed by atoms with Crippen molar-refractivity contribution in [2.24, 2.45) is 5.92 Å². The van der Waals surface area contributed by atoms with E-state index in [0.717, 1.165) is 11.8 Å². The number of hydrogen-bond donors (Lipinski definition) is 0. The van der Waals surface area contributed by atoms with Gasteiger partial charge in [-0.25, -0.2) is 0 Å². The van der Waals surface area contributed by atoms with Crippen LogP contribution in [0, 0.1) is 5.92 Å². The number of fused-ring (bicyclic) bond motifs is 3. The molecule has 1 nitrogen and oxygen atoms in total. The molecule has 0 amide bonds. The predicted octanol–water partition coefficient (Wildman–Crippen LogP) is 2.00. The number of nitrogens with zero attached hydrogens (tertiary/aromatic N) is 1. The van der Waals surface area contributed by atoms with Gasteiger partial charge in [0.2, 0.25) is 0 Å². The van der Waals surface area contributed by atoms with Crippen LogP contribution in [0.25, 0.3) is 0 Å². The summed E-state index contributed by atoms with van der Waals surface area (Å²) >= 11 is 0. The minimum Gasteiger partial charge on any atom is -0.351 e. The molecule has 2 heterocycles. The topological polar surface area (TPSA) is 4.93 Å². The average Bonchev–Trinajstić information content (AvgIpc) is 2.52. The van der Waals surface area contributed by atoms with Crippen LogP contribution in [-0.4, -0.2) is 13.0 Å². The maximum atomic E-state index is 2.44. The molecule has 1 aliphatic heterocycles. The van der Waals surface area contributed by atoms with Crippen molar-refractivity contribution in [2.45, 2.75) is 31.7 Å². The molecule has 1 aromatic heterocycles. The van der Waals surface area contributed by atoms with Crippen LogP contribution in [0.5, 0.6) is 0 Å². The normalized spacial score (nSPS) is 31.0. The molecule has 0 aromatic carbocycles. The second-order valence-electron chi connectivity index (χ2n) is 3.88. The lowest BCUT2D eigenvalue weighted by Crippen LogP contribution is -1.98. The van der Waals surface area contributed by atoms with Crippen LogP contribution < -0.4 is 0 Å². The summed E-state index contributed by atoms with van der Waals surface area (Å²) in [5.74, 6) is 1.91. The van der Waals surface area contributed by atoms with Gasteiger partial charge in [-0.2, -0.15) is 0 Å². The summed E-state index contributed by atoms with van der Waals surface area (Å²) < 4.78 is 2.44. The van der Waals surface area contributed by atoms with Crippen molar-refractivity contribution >= 4 is 8.41 Å². The molecular formula is C10H13BN. The maximum absolute atomic E-state index is 2.44. The lowest BCUT2D eigenvalue weighted by Gasteiger charge is -2.05. The second-order valence-corrected chi connectivity index (χ2v) is 3.88. The molecule has 0 N–H and O–H groups in total. The molecule has 0 spiro atoms. The largest absolute Gasteiger partial charge is 0.351 e. The zero-order valence-corrected chi connectivity index (χ0v) is 7.24. The molecule has 61 valence electrons. The molecule has 0 bridgehead atoms. The van der Waals surface area contributed by atoms with Gasteiger partial charge in [-0.3, -0.25) is 0 Å². The number of aromatic nitrogens is 1. The first-order valence-corrected chi connectivity index (χ1v) is 4.60. The van der Waals surface area contributed by atoms with Gasteiger partial charge in [-0.05, 0) is 30.9 Å². The van der Waals surface area contributed by atoms with Crippen LogP contribution in [0.3, 0.4) is 0 Å². The highest BCUT2D eigenvalue weighted by atomic mass is 15.0. The van der Waals surface area contributed by atoms with Gasteiger partial charge in [0.25, 0.3) is 0 Å². The zero-order valence-electron chi connectivity index (χ0n) is 7.24. The van der Waals surface area contributed by atoms with E-state index in [4.69, 9.17) is 0 Å². The van der Waals surface area contributed by atoms with Crippen LogP contribution >= 0.6 is 0 Å². The van der Waals surface area contributed by atoms with Crippen molar-refractivity contribution in [3.8, 4) is 0 Å². The van der Waals surface area contributed by atoms with Crippen molar-refractivity contribution in [1.29, 1.82) is 0 Å². The Balaban J connectivity index is 0.000000563. The Kier molecular flexibility index (Phi) is 1.78. The van der Waals surface area contributed by atoms with Crippen molar-refractivity contribution < 1.29 is 0 Å². The van der Waals surface area contributed by atoms with Gasteiger partial charge in [0, 0.05) is 32.8 Å². The van der Waals surface area contributed by atoms with Crippen molar-refractivity contribution in [3.05, 3.63) is 24.0 Å². The fourth-order valence-electron chi connectivity index (χ4n) is 2.83. The average molecular weight is 158 g/mol. The summed E-state index contributed by atoms with van der Waals surface area (Å²) in [6, 6.07) is 4.49. The summed E-state index contributed by atoms with van der Waals surface area (Å²) in [5, 5.41) is 0. The lowest BCUT2D eigenvalue weighted by molar-refractivity contribution is 0.492. The Hall–Kier alpha value is -0.655. The number of hydrogen-bond acceptors (Lipinski definition) is 0. The minimum absolute atomic E-state index is 0. The third-order valence-corrected chi connectivity index (χ3v) is 3.33. The van der Waals surface area contributed by atoms with Gasteiger partial charge in [0.15, 0.2) is 0 Å². The van der Waals surface area contributed by atoms with Gasteiger partial charge in [-0.15, -0.1) is 0 Å². The van der Waals surface area contributed by atoms with E-state index >= 15 is 0 Å². The molecule has 2 unspecified atom stereocenters. The second kappa shape index (κ2) is 2.68. The minimum atomic E-state index is 0. The van der Waals surface area contributed by atoms with Crippen LogP contribution in [0.2, 0.25) is 0 Å². The molecule has 3 radical (unpaired) electrons.